The van der Waals surface area contributed by atoms with Crippen LogP contribution in [0.2, 0.25) is 0 Å². The topological polar surface area (TPSA) is 12.0 Å². The summed E-state index contributed by atoms with van der Waals surface area (Å²) < 4.78 is 0. The molecule has 1 nitrogen and oxygen atoms in total. The fraction of sp³-hybridized carbons (Fsp3) is 1.00. The first kappa shape index (κ1) is 10.0. The third-order valence-corrected chi connectivity index (χ3v) is 3.19. The maximum atomic E-state index is 3.66. The molecule has 1 N–H and O–H groups in total. The molecule has 0 radical (unpaired) electrons. The van der Waals surface area contributed by atoms with Crippen LogP contribution < -0.4 is 5.32 Å². The lowest BCUT2D eigenvalue weighted by Gasteiger charge is -2.33. The van der Waals surface area contributed by atoms with Crippen LogP contribution in [0.1, 0.15) is 47.5 Å². The van der Waals surface area contributed by atoms with Gasteiger partial charge < -0.3 is 5.32 Å². The van der Waals surface area contributed by atoms with Gasteiger partial charge in [-0.2, -0.15) is 0 Å². The molecule has 1 fully saturated rings. The maximum absolute atomic E-state index is 3.66. The van der Waals surface area contributed by atoms with E-state index >= 15 is 0 Å². The Labute approximate surface area is 76.9 Å². The first-order chi connectivity index (χ1) is 5.41. The van der Waals surface area contributed by atoms with Gasteiger partial charge in [0.1, 0.15) is 0 Å². The highest BCUT2D eigenvalue weighted by Crippen LogP contribution is 2.30. The zero-order valence-electron chi connectivity index (χ0n) is 9.15. The molecular formula is C11H23N. The highest BCUT2D eigenvalue weighted by atomic mass is 15.0. The van der Waals surface area contributed by atoms with Gasteiger partial charge in [-0.1, -0.05) is 27.7 Å². The van der Waals surface area contributed by atoms with Crippen molar-refractivity contribution in [1.82, 2.24) is 5.32 Å². The van der Waals surface area contributed by atoms with Crippen LogP contribution in [0.5, 0.6) is 0 Å². The molecule has 0 bridgehead atoms. The van der Waals surface area contributed by atoms with Crippen molar-refractivity contribution in [2.75, 3.05) is 0 Å². The first-order valence-electron chi connectivity index (χ1n) is 5.17. The van der Waals surface area contributed by atoms with Crippen molar-refractivity contribution in [3.05, 3.63) is 0 Å². The Kier molecular flexibility index (Phi) is 2.82. The van der Waals surface area contributed by atoms with E-state index in [1.165, 1.54) is 12.8 Å². The molecule has 0 saturated heterocycles. The highest BCUT2D eigenvalue weighted by Gasteiger charge is 2.29. The van der Waals surface area contributed by atoms with Crippen LogP contribution in [0.3, 0.4) is 0 Å². The zero-order chi connectivity index (χ0) is 9.35. The Bertz CT molecular complexity index is 142. The zero-order valence-corrected chi connectivity index (χ0v) is 9.15. The monoisotopic (exact) mass is 169 g/mol. The van der Waals surface area contributed by atoms with Crippen molar-refractivity contribution >= 4 is 0 Å². The summed E-state index contributed by atoms with van der Waals surface area (Å²) in [5.41, 5.74) is 0.432. The SMILES string of the molecule is CC(NC1CC1)C(C)C(C)(C)C. The third kappa shape index (κ3) is 2.78. The molecule has 0 heterocycles. The first-order valence-corrected chi connectivity index (χ1v) is 5.17. The number of rotatable bonds is 3. The minimum absolute atomic E-state index is 0.432. The van der Waals surface area contributed by atoms with Gasteiger partial charge in [0.2, 0.25) is 0 Å². The maximum Gasteiger partial charge on any atom is 0.00719 e. The Morgan fingerprint density at radius 3 is 2.00 bits per heavy atom. The van der Waals surface area contributed by atoms with Crippen molar-refractivity contribution in [2.24, 2.45) is 11.3 Å². The minimum atomic E-state index is 0.432. The number of hydrogen-bond donors (Lipinski definition) is 1. The van der Waals surface area contributed by atoms with Gasteiger partial charge in [-0.05, 0) is 31.1 Å². The second-order valence-electron chi connectivity index (χ2n) is 5.38. The van der Waals surface area contributed by atoms with E-state index in [4.69, 9.17) is 0 Å². The third-order valence-electron chi connectivity index (χ3n) is 3.19. The molecule has 2 unspecified atom stereocenters. The molecular weight excluding hydrogens is 146 g/mol. The van der Waals surface area contributed by atoms with Crippen molar-refractivity contribution in [2.45, 2.75) is 59.5 Å². The molecule has 72 valence electrons. The summed E-state index contributed by atoms with van der Waals surface area (Å²) in [6.07, 6.45) is 2.78. The summed E-state index contributed by atoms with van der Waals surface area (Å²) in [7, 11) is 0. The van der Waals surface area contributed by atoms with Gasteiger partial charge in [-0.3, -0.25) is 0 Å². The summed E-state index contributed by atoms with van der Waals surface area (Å²) in [5.74, 6) is 0.748. The van der Waals surface area contributed by atoms with Gasteiger partial charge in [-0.25, -0.2) is 0 Å². The summed E-state index contributed by atoms with van der Waals surface area (Å²) in [5, 5.41) is 3.66. The van der Waals surface area contributed by atoms with E-state index in [1.807, 2.05) is 0 Å². The van der Waals surface area contributed by atoms with Gasteiger partial charge in [-0.15, -0.1) is 0 Å². The van der Waals surface area contributed by atoms with Crippen LogP contribution in [0.15, 0.2) is 0 Å². The van der Waals surface area contributed by atoms with E-state index in [9.17, 15) is 0 Å². The number of hydrogen-bond acceptors (Lipinski definition) is 1. The fourth-order valence-corrected chi connectivity index (χ4v) is 1.52. The van der Waals surface area contributed by atoms with Crippen molar-refractivity contribution < 1.29 is 0 Å². The largest absolute Gasteiger partial charge is 0.311 e. The standard InChI is InChI=1S/C11H23N/c1-8(11(3,4)5)9(2)12-10-6-7-10/h8-10,12H,6-7H2,1-5H3. The molecule has 1 heteroatoms. The van der Waals surface area contributed by atoms with Crippen molar-refractivity contribution in [3.63, 3.8) is 0 Å². The summed E-state index contributed by atoms with van der Waals surface area (Å²) in [4.78, 5) is 0. The van der Waals surface area contributed by atoms with Gasteiger partial charge >= 0.3 is 0 Å². The molecule has 1 saturated carbocycles. The smallest absolute Gasteiger partial charge is 0.00719 e. The molecule has 0 aromatic heterocycles. The lowest BCUT2D eigenvalue weighted by molar-refractivity contribution is 0.205. The average Bonchev–Trinajstić information content (AvgIpc) is 2.68. The lowest BCUT2D eigenvalue weighted by Crippen LogP contribution is -2.39. The molecule has 1 aliphatic carbocycles. The molecule has 12 heavy (non-hydrogen) atoms. The van der Waals surface area contributed by atoms with Gasteiger partial charge in [0, 0.05) is 12.1 Å². The van der Waals surface area contributed by atoms with E-state index in [0.717, 1.165) is 12.0 Å². The summed E-state index contributed by atoms with van der Waals surface area (Å²) in [6, 6.07) is 1.50. The highest BCUT2D eigenvalue weighted by molar-refractivity contribution is 4.87. The van der Waals surface area contributed by atoms with Crippen LogP contribution in [0.25, 0.3) is 0 Å². The van der Waals surface area contributed by atoms with E-state index in [-0.39, 0.29) is 0 Å². The van der Waals surface area contributed by atoms with Gasteiger partial charge in [0.25, 0.3) is 0 Å². The average molecular weight is 169 g/mol. The summed E-state index contributed by atoms with van der Waals surface area (Å²) in [6.45, 7) is 11.6. The van der Waals surface area contributed by atoms with E-state index in [1.54, 1.807) is 0 Å². The Morgan fingerprint density at radius 2 is 1.67 bits per heavy atom. The Hall–Kier alpha value is -0.0400. The van der Waals surface area contributed by atoms with Crippen molar-refractivity contribution in [1.29, 1.82) is 0 Å². The van der Waals surface area contributed by atoms with Gasteiger partial charge in [0.15, 0.2) is 0 Å². The molecule has 0 spiro atoms. The Balaban J connectivity index is 2.33. The van der Waals surface area contributed by atoms with E-state index in [2.05, 4.69) is 39.9 Å². The molecule has 2 atom stereocenters. The van der Waals surface area contributed by atoms with Crippen LogP contribution in [-0.2, 0) is 0 Å². The minimum Gasteiger partial charge on any atom is -0.311 e. The molecule has 0 aromatic carbocycles. The predicted molar refractivity (Wildman–Crippen MR) is 54.2 cm³/mol. The second kappa shape index (κ2) is 3.37. The lowest BCUT2D eigenvalue weighted by atomic mass is 9.78. The quantitative estimate of drug-likeness (QED) is 0.685. The predicted octanol–water partition coefficient (Wildman–Crippen LogP) is 2.81. The van der Waals surface area contributed by atoms with E-state index < -0.39 is 0 Å². The Morgan fingerprint density at radius 1 is 1.17 bits per heavy atom. The van der Waals surface area contributed by atoms with Crippen LogP contribution >= 0.6 is 0 Å². The van der Waals surface area contributed by atoms with Crippen LogP contribution in [0, 0.1) is 11.3 Å². The normalized spacial score (nSPS) is 23.8. The molecule has 0 aliphatic heterocycles. The summed E-state index contributed by atoms with van der Waals surface area (Å²) >= 11 is 0. The molecule has 0 amide bonds. The van der Waals surface area contributed by atoms with Gasteiger partial charge in [0.05, 0.1) is 0 Å². The number of nitrogens with one attached hydrogen (secondary N) is 1. The fourth-order valence-electron chi connectivity index (χ4n) is 1.52. The molecule has 0 aromatic rings. The molecule has 1 rings (SSSR count). The van der Waals surface area contributed by atoms with E-state index in [0.29, 0.717) is 11.5 Å². The van der Waals surface area contributed by atoms with Crippen LogP contribution in [0.4, 0.5) is 0 Å². The van der Waals surface area contributed by atoms with Crippen LogP contribution in [-0.4, -0.2) is 12.1 Å². The molecule has 1 aliphatic rings. The second-order valence-corrected chi connectivity index (χ2v) is 5.38. The van der Waals surface area contributed by atoms with Crippen molar-refractivity contribution in [3.8, 4) is 0 Å².